The standard InChI is InChI=1S/C15H18N2OS/c1-10-8-17-15(19-10)9-16-14-4-2-3-11-7-12(18)5-6-13(11)14/h5-8,14,16,18H,2-4,9H2,1H3. The van der Waals surface area contributed by atoms with E-state index >= 15 is 0 Å². The summed E-state index contributed by atoms with van der Waals surface area (Å²) in [6.07, 6.45) is 5.32. The quantitative estimate of drug-likeness (QED) is 0.902. The number of aromatic hydroxyl groups is 1. The Labute approximate surface area is 117 Å². The van der Waals surface area contributed by atoms with E-state index in [2.05, 4.69) is 23.3 Å². The highest BCUT2D eigenvalue weighted by Gasteiger charge is 2.20. The monoisotopic (exact) mass is 274 g/mol. The van der Waals surface area contributed by atoms with E-state index in [9.17, 15) is 5.11 Å². The van der Waals surface area contributed by atoms with Gasteiger partial charge in [-0.3, -0.25) is 0 Å². The lowest BCUT2D eigenvalue weighted by Crippen LogP contribution is -2.24. The number of aryl methyl sites for hydroxylation is 2. The molecule has 0 bridgehead atoms. The third-order valence-electron chi connectivity index (χ3n) is 3.61. The van der Waals surface area contributed by atoms with Crippen LogP contribution >= 0.6 is 11.3 Å². The maximum Gasteiger partial charge on any atom is 0.115 e. The van der Waals surface area contributed by atoms with Crippen molar-refractivity contribution in [1.82, 2.24) is 10.3 Å². The summed E-state index contributed by atoms with van der Waals surface area (Å²) < 4.78 is 0. The second-order valence-electron chi connectivity index (χ2n) is 5.07. The third-order valence-corrected chi connectivity index (χ3v) is 4.52. The molecule has 1 aromatic heterocycles. The van der Waals surface area contributed by atoms with Crippen LogP contribution in [0.1, 0.15) is 39.9 Å². The molecule has 1 atom stereocenters. The normalized spacial score (nSPS) is 18.3. The number of rotatable bonds is 3. The third kappa shape index (κ3) is 2.80. The fourth-order valence-electron chi connectivity index (χ4n) is 2.71. The van der Waals surface area contributed by atoms with Gasteiger partial charge in [0.2, 0.25) is 0 Å². The van der Waals surface area contributed by atoms with Crippen LogP contribution in [-0.2, 0) is 13.0 Å². The Balaban J connectivity index is 1.73. The molecule has 4 heteroatoms. The lowest BCUT2D eigenvalue weighted by molar-refractivity contribution is 0.449. The van der Waals surface area contributed by atoms with Crippen molar-refractivity contribution in [3.8, 4) is 5.75 Å². The van der Waals surface area contributed by atoms with E-state index in [1.54, 1.807) is 17.4 Å². The molecule has 1 aliphatic rings. The van der Waals surface area contributed by atoms with E-state index in [0.717, 1.165) is 24.4 Å². The van der Waals surface area contributed by atoms with Gasteiger partial charge < -0.3 is 10.4 Å². The van der Waals surface area contributed by atoms with Crippen molar-refractivity contribution in [3.05, 3.63) is 45.4 Å². The largest absolute Gasteiger partial charge is 0.508 e. The molecular weight excluding hydrogens is 256 g/mol. The van der Waals surface area contributed by atoms with Crippen LogP contribution in [0.5, 0.6) is 5.75 Å². The highest BCUT2D eigenvalue weighted by Crippen LogP contribution is 2.32. The van der Waals surface area contributed by atoms with Gasteiger partial charge >= 0.3 is 0 Å². The fourth-order valence-corrected chi connectivity index (χ4v) is 3.44. The fraction of sp³-hybridized carbons (Fsp3) is 0.400. The lowest BCUT2D eigenvalue weighted by Gasteiger charge is -2.26. The van der Waals surface area contributed by atoms with Gasteiger partial charge in [-0.15, -0.1) is 11.3 Å². The Morgan fingerprint density at radius 2 is 2.37 bits per heavy atom. The number of fused-ring (bicyclic) bond motifs is 1. The first-order valence-electron chi connectivity index (χ1n) is 6.69. The van der Waals surface area contributed by atoms with Gasteiger partial charge in [-0.1, -0.05) is 6.07 Å². The number of thiazole rings is 1. The average molecular weight is 274 g/mol. The minimum absolute atomic E-state index is 0.370. The Hall–Kier alpha value is -1.39. The molecule has 0 radical (unpaired) electrons. The summed E-state index contributed by atoms with van der Waals surface area (Å²) in [5.41, 5.74) is 2.61. The maximum absolute atomic E-state index is 9.56. The molecule has 2 aromatic rings. The van der Waals surface area contributed by atoms with E-state index in [-0.39, 0.29) is 0 Å². The van der Waals surface area contributed by atoms with Gasteiger partial charge in [-0.05, 0) is 49.4 Å². The first kappa shape index (κ1) is 12.6. The highest BCUT2D eigenvalue weighted by molar-refractivity contribution is 7.11. The van der Waals surface area contributed by atoms with Gasteiger partial charge in [-0.25, -0.2) is 4.98 Å². The van der Waals surface area contributed by atoms with Crippen LogP contribution in [0.2, 0.25) is 0 Å². The van der Waals surface area contributed by atoms with Crippen LogP contribution in [0.15, 0.2) is 24.4 Å². The minimum Gasteiger partial charge on any atom is -0.508 e. The molecule has 0 saturated carbocycles. The van der Waals surface area contributed by atoms with Crippen LogP contribution in [0.3, 0.4) is 0 Å². The van der Waals surface area contributed by atoms with Crippen molar-refractivity contribution < 1.29 is 5.11 Å². The van der Waals surface area contributed by atoms with Crippen LogP contribution < -0.4 is 5.32 Å². The molecule has 100 valence electrons. The first-order valence-corrected chi connectivity index (χ1v) is 7.50. The smallest absolute Gasteiger partial charge is 0.115 e. The number of aromatic nitrogens is 1. The number of phenolic OH excluding ortho intramolecular Hbond substituents is 1. The summed E-state index contributed by atoms with van der Waals surface area (Å²) in [6, 6.07) is 6.12. The number of phenols is 1. The summed E-state index contributed by atoms with van der Waals surface area (Å²) in [4.78, 5) is 5.64. The molecule has 1 aromatic carbocycles. The average Bonchev–Trinajstić information content (AvgIpc) is 2.81. The maximum atomic E-state index is 9.56. The van der Waals surface area contributed by atoms with E-state index in [1.165, 1.54) is 22.4 Å². The second kappa shape index (κ2) is 5.31. The highest BCUT2D eigenvalue weighted by atomic mass is 32.1. The molecule has 1 aliphatic carbocycles. The Kier molecular flexibility index (Phi) is 3.53. The van der Waals surface area contributed by atoms with Gasteiger partial charge in [0.1, 0.15) is 10.8 Å². The SMILES string of the molecule is Cc1cnc(CNC2CCCc3cc(O)ccc32)s1. The summed E-state index contributed by atoms with van der Waals surface area (Å²) in [5, 5.41) is 14.3. The molecule has 2 N–H and O–H groups in total. The Bertz CT molecular complexity index is 579. The summed E-state index contributed by atoms with van der Waals surface area (Å²) >= 11 is 1.75. The van der Waals surface area contributed by atoms with E-state index in [0.29, 0.717) is 11.8 Å². The molecular formula is C15H18N2OS. The van der Waals surface area contributed by atoms with Gasteiger partial charge in [0.05, 0.1) is 0 Å². The summed E-state index contributed by atoms with van der Waals surface area (Å²) in [7, 11) is 0. The molecule has 0 fully saturated rings. The van der Waals surface area contributed by atoms with Crippen LogP contribution in [0.25, 0.3) is 0 Å². The number of nitrogens with zero attached hydrogens (tertiary/aromatic N) is 1. The van der Waals surface area contributed by atoms with E-state index in [1.807, 2.05) is 12.3 Å². The van der Waals surface area contributed by atoms with Gasteiger partial charge in [0, 0.05) is 23.7 Å². The van der Waals surface area contributed by atoms with Crippen molar-refractivity contribution in [2.45, 2.75) is 38.8 Å². The van der Waals surface area contributed by atoms with Crippen molar-refractivity contribution in [1.29, 1.82) is 0 Å². The van der Waals surface area contributed by atoms with Crippen molar-refractivity contribution in [3.63, 3.8) is 0 Å². The summed E-state index contributed by atoms with van der Waals surface area (Å²) in [5.74, 6) is 0.370. The number of benzene rings is 1. The molecule has 3 rings (SSSR count). The molecule has 19 heavy (non-hydrogen) atoms. The Morgan fingerprint density at radius 3 is 3.16 bits per heavy atom. The first-order chi connectivity index (χ1) is 9.22. The van der Waals surface area contributed by atoms with Crippen LogP contribution in [0, 0.1) is 6.92 Å². The molecule has 0 saturated heterocycles. The minimum atomic E-state index is 0.370. The molecule has 0 aliphatic heterocycles. The van der Waals surface area contributed by atoms with Gasteiger partial charge in [0.15, 0.2) is 0 Å². The zero-order valence-corrected chi connectivity index (χ0v) is 11.8. The second-order valence-corrected chi connectivity index (χ2v) is 6.39. The van der Waals surface area contributed by atoms with Gasteiger partial charge in [-0.2, -0.15) is 0 Å². The Morgan fingerprint density at radius 1 is 1.47 bits per heavy atom. The van der Waals surface area contributed by atoms with Gasteiger partial charge in [0.25, 0.3) is 0 Å². The molecule has 0 spiro atoms. The van der Waals surface area contributed by atoms with E-state index < -0.39 is 0 Å². The molecule has 1 heterocycles. The van der Waals surface area contributed by atoms with Crippen molar-refractivity contribution in [2.75, 3.05) is 0 Å². The zero-order valence-electron chi connectivity index (χ0n) is 11.0. The van der Waals surface area contributed by atoms with Crippen molar-refractivity contribution >= 4 is 11.3 Å². The molecule has 1 unspecified atom stereocenters. The predicted octanol–water partition coefficient (Wildman–Crippen LogP) is 3.32. The number of nitrogens with one attached hydrogen (secondary N) is 1. The number of hydrogen-bond acceptors (Lipinski definition) is 4. The topological polar surface area (TPSA) is 45.2 Å². The predicted molar refractivity (Wildman–Crippen MR) is 77.5 cm³/mol. The van der Waals surface area contributed by atoms with Crippen LogP contribution in [-0.4, -0.2) is 10.1 Å². The molecule has 3 nitrogen and oxygen atoms in total. The molecule has 0 amide bonds. The van der Waals surface area contributed by atoms with Crippen molar-refractivity contribution in [2.24, 2.45) is 0 Å². The summed E-state index contributed by atoms with van der Waals surface area (Å²) in [6.45, 7) is 2.91. The zero-order chi connectivity index (χ0) is 13.2. The lowest BCUT2D eigenvalue weighted by atomic mass is 9.87. The number of hydrogen-bond donors (Lipinski definition) is 2. The van der Waals surface area contributed by atoms with E-state index in [4.69, 9.17) is 0 Å². The van der Waals surface area contributed by atoms with Crippen LogP contribution in [0.4, 0.5) is 0 Å².